The number of rotatable bonds is 4. The Morgan fingerprint density at radius 2 is 1.69 bits per heavy atom. The first-order chi connectivity index (χ1) is 18.8. The Balaban J connectivity index is 1.40. The van der Waals surface area contributed by atoms with E-state index in [0.717, 1.165) is 6.42 Å². The topological polar surface area (TPSA) is 129 Å². The Hall–Kier alpha value is -4.18. The number of likely N-dealkylation sites (tertiary alicyclic amines) is 1. The van der Waals surface area contributed by atoms with Crippen LogP contribution in [-0.4, -0.2) is 67.9 Å². The second kappa shape index (κ2) is 13.1. The highest BCUT2D eigenvalue weighted by Gasteiger charge is 2.41. The van der Waals surface area contributed by atoms with Crippen LogP contribution in [0.4, 0.5) is 11.4 Å². The molecule has 0 radical (unpaired) electrons. The van der Waals surface area contributed by atoms with Gasteiger partial charge in [0.25, 0.3) is 5.91 Å². The molecule has 206 valence electrons. The predicted molar refractivity (Wildman–Crippen MR) is 149 cm³/mol. The van der Waals surface area contributed by atoms with E-state index in [1.165, 1.54) is 6.92 Å². The Labute approximate surface area is 228 Å². The van der Waals surface area contributed by atoms with Gasteiger partial charge in [-0.3, -0.25) is 24.1 Å². The number of nitrogens with zero attached hydrogens (tertiary/aromatic N) is 1. The molecule has 39 heavy (non-hydrogen) atoms. The maximum atomic E-state index is 13.4. The molecule has 1 saturated heterocycles. The van der Waals surface area contributed by atoms with E-state index in [-0.39, 0.29) is 43.3 Å². The van der Waals surface area contributed by atoms with Crippen LogP contribution in [0.25, 0.3) is 0 Å². The van der Waals surface area contributed by atoms with Crippen LogP contribution < -0.4 is 26.0 Å². The molecule has 2 heterocycles. The third-order valence-corrected chi connectivity index (χ3v) is 6.83. The van der Waals surface area contributed by atoms with Crippen LogP contribution >= 0.6 is 0 Å². The third kappa shape index (κ3) is 7.67. The van der Waals surface area contributed by atoms with Crippen molar-refractivity contribution in [2.45, 2.75) is 26.2 Å². The molecule has 2 aliphatic rings. The molecule has 2 aliphatic heterocycles. The zero-order chi connectivity index (χ0) is 27.7. The molecule has 4 rings (SSSR count). The number of para-hydroxylation sites is 1. The number of benzene rings is 2. The van der Waals surface area contributed by atoms with Crippen LogP contribution in [0.3, 0.4) is 0 Å². The van der Waals surface area contributed by atoms with Gasteiger partial charge < -0.3 is 26.0 Å². The first kappa shape index (κ1) is 27.8. The van der Waals surface area contributed by atoms with Gasteiger partial charge in [-0.05, 0) is 62.2 Å². The van der Waals surface area contributed by atoms with E-state index >= 15 is 0 Å². The van der Waals surface area contributed by atoms with Gasteiger partial charge in [0.15, 0.2) is 0 Å². The lowest BCUT2D eigenvalue weighted by atomic mass is 9.76. The molecule has 0 aliphatic carbocycles. The van der Waals surface area contributed by atoms with E-state index in [2.05, 4.69) is 21.3 Å². The van der Waals surface area contributed by atoms with Crippen molar-refractivity contribution in [1.29, 1.82) is 0 Å². The molecule has 1 unspecified atom stereocenters. The lowest BCUT2D eigenvalue weighted by Gasteiger charge is -2.41. The number of hydrogen-bond donors (Lipinski definition) is 4. The number of carbonyl (C=O) groups is 4. The Morgan fingerprint density at radius 1 is 0.974 bits per heavy atom. The van der Waals surface area contributed by atoms with Crippen LogP contribution in [0, 0.1) is 5.41 Å². The first-order valence-corrected chi connectivity index (χ1v) is 13.2. The van der Waals surface area contributed by atoms with E-state index in [0.29, 0.717) is 55.2 Å². The Morgan fingerprint density at radius 3 is 2.46 bits per heavy atom. The molecule has 2 aromatic rings. The molecule has 0 aromatic heterocycles. The number of hydrogen-bond acceptors (Lipinski definition) is 6. The van der Waals surface area contributed by atoms with Crippen molar-refractivity contribution < 1.29 is 23.9 Å². The van der Waals surface area contributed by atoms with Crippen LogP contribution in [0.15, 0.2) is 60.7 Å². The highest BCUT2D eigenvalue weighted by molar-refractivity contribution is 5.97. The molecule has 0 saturated carbocycles. The van der Waals surface area contributed by atoms with Gasteiger partial charge >= 0.3 is 0 Å². The number of carbonyl (C=O) groups excluding carboxylic acids is 4. The number of anilines is 2. The summed E-state index contributed by atoms with van der Waals surface area (Å²) >= 11 is 0. The van der Waals surface area contributed by atoms with Crippen LogP contribution in [0.1, 0.15) is 36.5 Å². The molecule has 4 N–H and O–H groups in total. The number of allylic oxidation sites excluding steroid dienone is 1. The molecule has 4 amide bonds. The lowest BCUT2D eigenvalue weighted by Crippen LogP contribution is -2.53. The van der Waals surface area contributed by atoms with E-state index in [9.17, 15) is 19.2 Å². The summed E-state index contributed by atoms with van der Waals surface area (Å²) in [4.78, 5) is 52.1. The largest absolute Gasteiger partial charge is 0.489 e. The normalized spacial score (nSPS) is 21.4. The van der Waals surface area contributed by atoms with Crippen molar-refractivity contribution in [3.8, 4) is 5.75 Å². The fourth-order valence-electron chi connectivity index (χ4n) is 4.98. The van der Waals surface area contributed by atoms with Gasteiger partial charge in [0.1, 0.15) is 12.4 Å². The summed E-state index contributed by atoms with van der Waals surface area (Å²) in [5.41, 5.74) is 1.04. The maximum absolute atomic E-state index is 13.4. The summed E-state index contributed by atoms with van der Waals surface area (Å²) in [5.74, 6) is -0.167. The second-order valence-corrected chi connectivity index (χ2v) is 9.90. The van der Waals surface area contributed by atoms with Crippen molar-refractivity contribution in [3.05, 3.63) is 66.2 Å². The van der Waals surface area contributed by atoms with Crippen LogP contribution in [-0.2, 0) is 14.4 Å². The Bertz CT molecular complexity index is 1230. The first-order valence-electron chi connectivity index (χ1n) is 13.2. The van der Waals surface area contributed by atoms with Gasteiger partial charge in [0.05, 0.1) is 17.5 Å². The average molecular weight is 534 g/mol. The predicted octanol–water partition coefficient (Wildman–Crippen LogP) is 2.55. The molecular formula is C29H35N5O5. The maximum Gasteiger partial charge on any atom is 0.255 e. The summed E-state index contributed by atoms with van der Waals surface area (Å²) in [6.07, 6.45) is 5.81. The molecule has 2 aromatic carbocycles. The zero-order valence-corrected chi connectivity index (χ0v) is 22.1. The smallest absolute Gasteiger partial charge is 0.255 e. The summed E-state index contributed by atoms with van der Waals surface area (Å²) in [5, 5.41) is 11.4. The van der Waals surface area contributed by atoms with Gasteiger partial charge in [0.2, 0.25) is 17.7 Å². The standard InChI is InChI=1S/C29H35N5O5/c1-21(35)32-22-9-11-23(12-10-22)33-26(36)19-34-17-6-14-29(20-34)13-4-5-18-39-25-8-3-2-7-24(25)27(37)30-15-16-31-28(29)38/h2-5,7-12H,6,13-20H2,1H3,(H,30,37)(H,31,38)(H,32,35)(H,33,36)/b5-4-. The van der Waals surface area contributed by atoms with Gasteiger partial charge in [-0.1, -0.05) is 24.3 Å². The third-order valence-electron chi connectivity index (χ3n) is 6.83. The van der Waals surface area contributed by atoms with Crippen molar-refractivity contribution in [1.82, 2.24) is 15.5 Å². The Kier molecular flexibility index (Phi) is 9.32. The average Bonchev–Trinajstić information content (AvgIpc) is 2.91. The van der Waals surface area contributed by atoms with Crippen molar-refractivity contribution >= 4 is 35.0 Å². The van der Waals surface area contributed by atoms with Crippen LogP contribution in [0.5, 0.6) is 5.75 Å². The highest BCUT2D eigenvalue weighted by Crippen LogP contribution is 2.34. The summed E-state index contributed by atoms with van der Waals surface area (Å²) < 4.78 is 5.83. The fourth-order valence-corrected chi connectivity index (χ4v) is 4.98. The molecule has 0 bridgehead atoms. The van der Waals surface area contributed by atoms with Crippen LogP contribution in [0.2, 0.25) is 0 Å². The van der Waals surface area contributed by atoms with Gasteiger partial charge in [0, 0.05) is 37.9 Å². The molecule has 1 atom stereocenters. The molecule has 10 heteroatoms. The minimum atomic E-state index is -0.693. The van der Waals surface area contributed by atoms with Crippen molar-refractivity contribution in [2.75, 3.05) is 50.0 Å². The van der Waals surface area contributed by atoms with E-state index in [1.54, 1.807) is 42.5 Å². The number of ether oxygens (including phenoxy) is 1. The molecule has 1 fully saturated rings. The fraction of sp³-hybridized carbons (Fsp3) is 0.379. The highest BCUT2D eigenvalue weighted by atomic mass is 16.5. The lowest BCUT2D eigenvalue weighted by molar-refractivity contribution is -0.135. The quantitative estimate of drug-likeness (QED) is 0.447. The van der Waals surface area contributed by atoms with Crippen molar-refractivity contribution in [2.24, 2.45) is 5.41 Å². The second-order valence-electron chi connectivity index (χ2n) is 9.90. The van der Waals surface area contributed by atoms with Crippen molar-refractivity contribution in [3.63, 3.8) is 0 Å². The summed E-state index contributed by atoms with van der Waals surface area (Å²) in [6, 6.07) is 14.0. The van der Waals surface area contributed by atoms with Gasteiger partial charge in [-0.25, -0.2) is 0 Å². The zero-order valence-electron chi connectivity index (χ0n) is 22.1. The van der Waals surface area contributed by atoms with Gasteiger partial charge in [-0.15, -0.1) is 0 Å². The molecule has 10 nitrogen and oxygen atoms in total. The molecule has 1 spiro atoms. The SMILES string of the molecule is CC(=O)Nc1ccc(NC(=O)CN2CCCC3(C/C=C\COc4ccccc4C(=O)NCCNC3=O)C2)cc1. The number of amides is 4. The number of piperidine rings is 1. The number of fused-ring (bicyclic) bond motifs is 1. The molecular weight excluding hydrogens is 498 g/mol. The van der Waals surface area contributed by atoms with E-state index < -0.39 is 5.41 Å². The van der Waals surface area contributed by atoms with Gasteiger partial charge in [-0.2, -0.15) is 0 Å². The minimum Gasteiger partial charge on any atom is -0.489 e. The summed E-state index contributed by atoms with van der Waals surface area (Å²) in [7, 11) is 0. The van der Waals surface area contributed by atoms with E-state index in [4.69, 9.17) is 4.74 Å². The summed E-state index contributed by atoms with van der Waals surface area (Å²) in [6.45, 7) is 3.60. The minimum absolute atomic E-state index is 0.0848. The van der Waals surface area contributed by atoms with E-state index in [1.807, 2.05) is 23.1 Å². The monoisotopic (exact) mass is 533 g/mol. The number of nitrogens with one attached hydrogen (secondary N) is 4.